The van der Waals surface area contributed by atoms with E-state index in [4.69, 9.17) is 4.74 Å². The van der Waals surface area contributed by atoms with Crippen LogP contribution in [0.3, 0.4) is 0 Å². The smallest absolute Gasteiger partial charge is 0.340 e. The predicted octanol–water partition coefficient (Wildman–Crippen LogP) is 0.867. The summed E-state index contributed by atoms with van der Waals surface area (Å²) in [6.07, 6.45) is 0.400. The van der Waals surface area contributed by atoms with Gasteiger partial charge in [-0.05, 0) is 52.9 Å². The minimum atomic E-state index is -2.09. The number of hydrogen-bond acceptors (Lipinski definition) is 7. The van der Waals surface area contributed by atoms with Gasteiger partial charge in [-0.1, -0.05) is 13.0 Å². The molecule has 0 radical (unpaired) electrons. The summed E-state index contributed by atoms with van der Waals surface area (Å²) in [5, 5.41) is 41.3. The van der Waals surface area contributed by atoms with Crippen molar-refractivity contribution in [2.75, 3.05) is 0 Å². The van der Waals surface area contributed by atoms with Crippen molar-refractivity contribution in [1.82, 2.24) is 0 Å². The van der Waals surface area contributed by atoms with Gasteiger partial charge in [-0.25, -0.2) is 4.79 Å². The minimum Gasteiger partial charge on any atom is -0.457 e. The Hall–Kier alpha value is -1.28. The van der Waals surface area contributed by atoms with Crippen LogP contribution in [0.4, 0.5) is 0 Å². The summed E-state index contributed by atoms with van der Waals surface area (Å²) < 4.78 is 5.40. The van der Waals surface area contributed by atoms with Gasteiger partial charge in [0.15, 0.2) is 11.4 Å². The van der Waals surface area contributed by atoms with Gasteiger partial charge in [0.05, 0.1) is 11.7 Å². The zero-order chi connectivity index (χ0) is 21.0. The molecule has 0 aromatic carbocycles. The molecule has 0 bridgehead atoms. The SMILES string of the molecule is C[C@H](O)[C@](C)(O)C(=O)O[C@@H]1CC[C@]2(C)CC(=O)C(C(C)(C)O)=C[C@H]2[C@@]1(C)O. The highest BCUT2D eigenvalue weighted by Crippen LogP contribution is 2.53. The summed E-state index contributed by atoms with van der Waals surface area (Å²) in [6, 6.07) is 0. The van der Waals surface area contributed by atoms with Gasteiger partial charge in [0.1, 0.15) is 11.7 Å². The molecule has 0 unspecified atom stereocenters. The third kappa shape index (κ3) is 3.83. The third-order valence-corrected chi connectivity index (χ3v) is 6.34. The molecule has 0 saturated heterocycles. The highest BCUT2D eigenvalue weighted by molar-refractivity contribution is 5.98. The molecular formula is C20H32O7. The summed E-state index contributed by atoms with van der Waals surface area (Å²) >= 11 is 0. The topological polar surface area (TPSA) is 124 Å². The second-order valence-electron chi connectivity index (χ2n) is 9.35. The molecule has 7 heteroatoms. The van der Waals surface area contributed by atoms with Gasteiger partial charge in [-0.15, -0.1) is 0 Å². The molecule has 0 aromatic rings. The number of hydrogen-bond donors (Lipinski definition) is 4. The fourth-order valence-electron chi connectivity index (χ4n) is 4.25. The number of ketones is 1. The number of rotatable bonds is 4. The van der Waals surface area contributed by atoms with Crippen LogP contribution in [0.5, 0.6) is 0 Å². The van der Waals surface area contributed by atoms with E-state index in [9.17, 15) is 30.0 Å². The molecule has 0 aliphatic heterocycles. The standard InChI is InChI=1S/C20H32O7/c1-11(21)19(5,25)16(23)27-15-7-8-18(4)10-13(22)12(17(2,3)24)9-14(18)20(15,6)26/h9,11,14-15,21,24-26H,7-8,10H2,1-6H3/t11-,14+,15+,18+,19-,20+/m0/s1. The number of aliphatic hydroxyl groups is 4. The van der Waals surface area contributed by atoms with Crippen molar-refractivity contribution < 1.29 is 34.8 Å². The highest BCUT2D eigenvalue weighted by Gasteiger charge is 2.57. The van der Waals surface area contributed by atoms with Crippen LogP contribution in [0.25, 0.3) is 0 Å². The normalized spacial score (nSPS) is 37.7. The lowest BCUT2D eigenvalue weighted by Crippen LogP contribution is -2.60. The zero-order valence-electron chi connectivity index (χ0n) is 16.9. The lowest BCUT2D eigenvalue weighted by Gasteiger charge is -2.54. The van der Waals surface area contributed by atoms with E-state index < -0.39 is 46.3 Å². The van der Waals surface area contributed by atoms with E-state index in [2.05, 4.69) is 0 Å². The molecule has 0 aromatic heterocycles. The van der Waals surface area contributed by atoms with E-state index in [1.54, 1.807) is 13.0 Å². The highest BCUT2D eigenvalue weighted by atomic mass is 16.6. The van der Waals surface area contributed by atoms with E-state index in [0.717, 1.165) is 6.92 Å². The quantitative estimate of drug-likeness (QED) is 0.530. The fraction of sp³-hybridized carbons (Fsp3) is 0.800. The van der Waals surface area contributed by atoms with Crippen LogP contribution >= 0.6 is 0 Å². The molecule has 2 rings (SSSR count). The third-order valence-electron chi connectivity index (χ3n) is 6.34. The van der Waals surface area contributed by atoms with Crippen molar-refractivity contribution in [1.29, 1.82) is 0 Å². The fourth-order valence-corrected chi connectivity index (χ4v) is 4.25. The second-order valence-corrected chi connectivity index (χ2v) is 9.35. The van der Waals surface area contributed by atoms with Gasteiger partial charge in [0.2, 0.25) is 0 Å². The number of carbonyl (C=O) groups is 2. The molecule has 1 fully saturated rings. The van der Waals surface area contributed by atoms with Crippen LogP contribution in [0.1, 0.15) is 60.8 Å². The summed E-state index contributed by atoms with van der Waals surface area (Å²) in [5.41, 5.74) is -5.21. The van der Waals surface area contributed by atoms with E-state index in [1.807, 2.05) is 6.92 Å². The first-order chi connectivity index (χ1) is 12.0. The molecule has 0 heterocycles. The van der Waals surface area contributed by atoms with Gasteiger partial charge >= 0.3 is 5.97 Å². The van der Waals surface area contributed by atoms with E-state index in [1.165, 1.54) is 20.8 Å². The summed E-state index contributed by atoms with van der Waals surface area (Å²) in [7, 11) is 0. The Bertz CT molecular complexity index is 654. The van der Waals surface area contributed by atoms with Crippen molar-refractivity contribution in [2.24, 2.45) is 11.3 Å². The first-order valence-corrected chi connectivity index (χ1v) is 9.35. The Kier molecular flexibility index (Phi) is 5.42. The predicted molar refractivity (Wildman–Crippen MR) is 97.6 cm³/mol. The first-order valence-electron chi connectivity index (χ1n) is 9.35. The maximum Gasteiger partial charge on any atom is 0.340 e. The summed E-state index contributed by atoms with van der Waals surface area (Å²) in [6.45, 7) is 8.93. The Balaban J connectivity index is 2.37. The van der Waals surface area contributed by atoms with Crippen LogP contribution in [0, 0.1) is 11.3 Å². The van der Waals surface area contributed by atoms with Gasteiger partial charge in [-0.3, -0.25) is 4.79 Å². The average Bonchev–Trinajstić information content (AvgIpc) is 2.47. The van der Waals surface area contributed by atoms with Crippen molar-refractivity contribution in [3.8, 4) is 0 Å². The molecule has 6 atom stereocenters. The van der Waals surface area contributed by atoms with E-state index >= 15 is 0 Å². The van der Waals surface area contributed by atoms with Crippen LogP contribution in [-0.4, -0.2) is 61.2 Å². The maximum atomic E-state index is 12.5. The second kappa shape index (κ2) is 6.65. The molecule has 0 amide bonds. The van der Waals surface area contributed by atoms with Gasteiger partial charge in [-0.2, -0.15) is 0 Å². The van der Waals surface area contributed by atoms with Crippen molar-refractivity contribution in [3.05, 3.63) is 11.6 Å². The Morgan fingerprint density at radius 2 is 1.85 bits per heavy atom. The van der Waals surface area contributed by atoms with Crippen molar-refractivity contribution in [2.45, 2.75) is 89.8 Å². The first kappa shape index (κ1) is 22.0. The molecule has 2 aliphatic carbocycles. The van der Waals surface area contributed by atoms with E-state index in [-0.39, 0.29) is 17.8 Å². The monoisotopic (exact) mass is 384 g/mol. The Morgan fingerprint density at radius 1 is 1.30 bits per heavy atom. The van der Waals surface area contributed by atoms with E-state index in [0.29, 0.717) is 12.8 Å². The molecular weight excluding hydrogens is 352 g/mol. The van der Waals surface area contributed by atoms with Gasteiger partial charge < -0.3 is 25.2 Å². The maximum absolute atomic E-state index is 12.5. The van der Waals surface area contributed by atoms with Crippen LogP contribution < -0.4 is 0 Å². The molecule has 4 N–H and O–H groups in total. The van der Waals surface area contributed by atoms with Gasteiger partial charge in [0.25, 0.3) is 0 Å². The molecule has 27 heavy (non-hydrogen) atoms. The van der Waals surface area contributed by atoms with Crippen molar-refractivity contribution in [3.63, 3.8) is 0 Å². The number of carbonyl (C=O) groups excluding carboxylic acids is 2. The van der Waals surface area contributed by atoms with Crippen LogP contribution in [0.15, 0.2) is 11.6 Å². The molecule has 154 valence electrons. The van der Waals surface area contributed by atoms with Gasteiger partial charge in [0, 0.05) is 17.9 Å². The molecule has 1 saturated carbocycles. The van der Waals surface area contributed by atoms with Crippen LogP contribution in [0.2, 0.25) is 0 Å². The largest absolute Gasteiger partial charge is 0.457 e. The number of esters is 1. The molecule has 7 nitrogen and oxygen atoms in total. The summed E-state index contributed by atoms with van der Waals surface area (Å²) in [4.78, 5) is 24.8. The molecule has 2 aliphatic rings. The number of fused-ring (bicyclic) bond motifs is 1. The number of ether oxygens (including phenoxy) is 1. The summed E-state index contributed by atoms with van der Waals surface area (Å²) in [5.74, 6) is -1.68. The zero-order valence-corrected chi connectivity index (χ0v) is 16.9. The Labute approximate surface area is 160 Å². The minimum absolute atomic E-state index is 0.149. The Morgan fingerprint density at radius 3 is 2.33 bits per heavy atom. The average molecular weight is 384 g/mol. The van der Waals surface area contributed by atoms with Crippen molar-refractivity contribution >= 4 is 11.8 Å². The number of Topliss-reactive ketones (excluding diaryl/α,β-unsaturated/α-hetero) is 1. The van der Waals surface area contributed by atoms with Crippen LogP contribution in [-0.2, 0) is 14.3 Å². The molecule has 0 spiro atoms. The lowest BCUT2D eigenvalue weighted by molar-refractivity contribution is -0.210. The lowest BCUT2D eigenvalue weighted by atomic mass is 9.54. The number of aliphatic hydroxyl groups excluding tert-OH is 1.